The Hall–Kier alpha value is -0.0800. The molecule has 1 unspecified atom stereocenters. The molecule has 0 radical (unpaired) electrons. The molecule has 0 aromatic rings. The Morgan fingerprint density at radius 1 is 1.19 bits per heavy atom. The van der Waals surface area contributed by atoms with Gasteiger partial charge in [0.1, 0.15) is 0 Å². The first-order valence-electron chi connectivity index (χ1n) is 7.06. The van der Waals surface area contributed by atoms with Crippen LogP contribution in [-0.4, -0.2) is 37.7 Å². The van der Waals surface area contributed by atoms with E-state index >= 15 is 0 Å². The van der Waals surface area contributed by atoms with Gasteiger partial charge in [-0.25, -0.2) is 0 Å². The Morgan fingerprint density at radius 3 is 2.50 bits per heavy atom. The second kappa shape index (κ2) is 7.29. The minimum Gasteiger partial charge on any atom is -0.381 e. The predicted molar refractivity (Wildman–Crippen MR) is 69.8 cm³/mol. The van der Waals surface area contributed by atoms with Crippen molar-refractivity contribution in [3.63, 3.8) is 0 Å². The first-order chi connectivity index (χ1) is 7.76. The average molecular weight is 227 g/mol. The van der Waals surface area contributed by atoms with E-state index in [1.54, 1.807) is 0 Å². The molecule has 2 nitrogen and oxygen atoms in total. The monoisotopic (exact) mass is 227 g/mol. The Morgan fingerprint density at radius 2 is 1.94 bits per heavy atom. The Bertz CT molecular complexity index is 176. The van der Waals surface area contributed by atoms with Gasteiger partial charge in [0.25, 0.3) is 0 Å². The summed E-state index contributed by atoms with van der Waals surface area (Å²) in [4.78, 5) is 2.62. The summed E-state index contributed by atoms with van der Waals surface area (Å²) in [6.07, 6.45) is 6.60. The zero-order chi connectivity index (χ0) is 11.9. The van der Waals surface area contributed by atoms with Crippen LogP contribution in [0.2, 0.25) is 0 Å². The Kier molecular flexibility index (Phi) is 6.37. The van der Waals surface area contributed by atoms with E-state index in [0.29, 0.717) is 5.41 Å². The molecule has 2 aliphatic heterocycles. The molecule has 2 fully saturated rings. The van der Waals surface area contributed by atoms with E-state index in [4.69, 9.17) is 4.74 Å². The van der Waals surface area contributed by atoms with Gasteiger partial charge in [-0.3, -0.25) is 0 Å². The van der Waals surface area contributed by atoms with Crippen LogP contribution in [0.15, 0.2) is 0 Å². The van der Waals surface area contributed by atoms with Crippen molar-refractivity contribution in [1.29, 1.82) is 0 Å². The molecule has 2 aliphatic rings. The lowest BCUT2D eigenvalue weighted by Crippen LogP contribution is -2.28. The smallest absolute Gasteiger partial charge is 0.0536 e. The summed E-state index contributed by atoms with van der Waals surface area (Å²) < 4.78 is 5.51. The first-order valence-corrected chi connectivity index (χ1v) is 7.06. The summed E-state index contributed by atoms with van der Waals surface area (Å²) in [5.41, 5.74) is 0.563. The van der Waals surface area contributed by atoms with Crippen LogP contribution in [0.4, 0.5) is 0 Å². The molecule has 2 saturated heterocycles. The van der Waals surface area contributed by atoms with Gasteiger partial charge in [0.2, 0.25) is 0 Å². The molecule has 0 bridgehead atoms. The maximum absolute atomic E-state index is 5.51. The fourth-order valence-electron chi connectivity index (χ4n) is 2.57. The van der Waals surface area contributed by atoms with Crippen molar-refractivity contribution in [2.24, 2.45) is 5.41 Å². The van der Waals surface area contributed by atoms with Gasteiger partial charge in [0.15, 0.2) is 0 Å². The number of likely N-dealkylation sites (tertiary alicyclic amines) is 1. The molecular formula is C14H29NO. The van der Waals surface area contributed by atoms with Crippen LogP contribution >= 0.6 is 0 Å². The minimum absolute atomic E-state index is 0.563. The van der Waals surface area contributed by atoms with E-state index < -0.39 is 0 Å². The SMILES string of the molecule is CCC.CCCCN1CCC2(CCOC2)C1. The zero-order valence-electron chi connectivity index (χ0n) is 11.4. The van der Waals surface area contributed by atoms with Crippen molar-refractivity contribution in [3.8, 4) is 0 Å². The van der Waals surface area contributed by atoms with Crippen LogP contribution in [-0.2, 0) is 4.74 Å². The van der Waals surface area contributed by atoms with Gasteiger partial charge in [-0.2, -0.15) is 0 Å². The van der Waals surface area contributed by atoms with E-state index in [1.807, 2.05) is 0 Å². The van der Waals surface area contributed by atoms with Crippen LogP contribution in [0.1, 0.15) is 52.9 Å². The number of nitrogens with zero attached hydrogens (tertiary/aromatic N) is 1. The topological polar surface area (TPSA) is 12.5 Å². The molecule has 0 aromatic carbocycles. The van der Waals surface area contributed by atoms with E-state index in [9.17, 15) is 0 Å². The third-order valence-electron chi connectivity index (χ3n) is 3.53. The number of unbranched alkanes of at least 4 members (excludes halogenated alkanes) is 1. The normalized spacial score (nSPS) is 29.4. The summed E-state index contributed by atoms with van der Waals surface area (Å²) in [6.45, 7) is 12.5. The largest absolute Gasteiger partial charge is 0.381 e. The van der Waals surface area contributed by atoms with Crippen molar-refractivity contribution < 1.29 is 4.74 Å². The maximum atomic E-state index is 5.51. The lowest BCUT2D eigenvalue weighted by molar-refractivity contribution is 0.152. The molecule has 16 heavy (non-hydrogen) atoms. The molecule has 0 aliphatic carbocycles. The van der Waals surface area contributed by atoms with Gasteiger partial charge >= 0.3 is 0 Å². The lowest BCUT2D eigenvalue weighted by atomic mass is 9.87. The van der Waals surface area contributed by atoms with Crippen LogP contribution in [0.25, 0.3) is 0 Å². The zero-order valence-corrected chi connectivity index (χ0v) is 11.4. The van der Waals surface area contributed by atoms with E-state index in [-0.39, 0.29) is 0 Å². The molecule has 96 valence electrons. The molecule has 1 atom stereocenters. The highest BCUT2D eigenvalue weighted by atomic mass is 16.5. The summed E-state index contributed by atoms with van der Waals surface area (Å²) in [6, 6.07) is 0. The fraction of sp³-hybridized carbons (Fsp3) is 1.00. The molecule has 2 rings (SSSR count). The summed E-state index contributed by atoms with van der Waals surface area (Å²) >= 11 is 0. The minimum atomic E-state index is 0.563. The maximum Gasteiger partial charge on any atom is 0.0536 e. The summed E-state index contributed by atoms with van der Waals surface area (Å²) in [5.74, 6) is 0. The quantitative estimate of drug-likeness (QED) is 0.733. The van der Waals surface area contributed by atoms with Crippen LogP contribution in [0.3, 0.4) is 0 Å². The highest BCUT2D eigenvalue weighted by Gasteiger charge is 2.40. The van der Waals surface area contributed by atoms with Gasteiger partial charge in [-0.05, 0) is 32.4 Å². The van der Waals surface area contributed by atoms with Crippen molar-refractivity contribution in [1.82, 2.24) is 4.90 Å². The Labute approximate surface area is 101 Å². The molecule has 0 amide bonds. The summed E-state index contributed by atoms with van der Waals surface area (Å²) in [5, 5.41) is 0. The van der Waals surface area contributed by atoms with E-state index in [0.717, 1.165) is 13.2 Å². The lowest BCUT2D eigenvalue weighted by Gasteiger charge is -2.21. The number of hydrogen-bond donors (Lipinski definition) is 0. The second-order valence-electron chi connectivity index (χ2n) is 5.39. The van der Waals surface area contributed by atoms with E-state index in [2.05, 4.69) is 25.7 Å². The molecule has 0 N–H and O–H groups in total. The van der Waals surface area contributed by atoms with Gasteiger partial charge < -0.3 is 9.64 Å². The highest BCUT2D eigenvalue weighted by Crippen LogP contribution is 2.37. The van der Waals surface area contributed by atoms with Crippen LogP contribution in [0.5, 0.6) is 0 Å². The van der Waals surface area contributed by atoms with Gasteiger partial charge in [-0.1, -0.05) is 33.6 Å². The third kappa shape index (κ3) is 4.06. The summed E-state index contributed by atoms with van der Waals surface area (Å²) in [7, 11) is 0. The van der Waals surface area contributed by atoms with Gasteiger partial charge in [0, 0.05) is 18.6 Å². The molecule has 2 heteroatoms. The third-order valence-corrected chi connectivity index (χ3v) is 3.53. The fourth-order valence-corrected chi connectivity index (χ4v) is 2.57. The van der Waals surface area contributed by atoms with Crippen molar-refractivity contribution in [2.75, 3.05) is 32.8 Å². The predicted octanol–water partition coefficient (Wildman–Crippen LogP) is 3.32. The van der Waals surface area contributed by atoms with E-state index in [1.165, 1.54) is 51.7 Å². The molecule has 1 spiro atoms. The average Bonchev–Trinajstić information content (AvgIpc) is 2.88. The molecule has 0 saturated carbocycles. The number of rotatable bonds is 3. The first kappa shape index (κ1) is 14.0. The Balaban J connectivity index is 0.000000386. The van der Waals surface area contributed by atoms with Crippen LogP contribution < -0.4 is 0 Å². The second-order valence-corrected chi connectivity index (χ2v) is 5.39. The van der Waals surface area contributed by atoms with Crippen molar-refractivity contribution >= 4 is 0 Å². The van der Waals surface area contributed by atoms with Gasteiger partial charge in [0.05, 0.1) is 6.61 Å². The standard InChI is InChI=1S/C11H21NO.C3H8/c1-2-3-6-12-7-4-11(9-12)5-8-13-10-11;1-3-2/h2-10H2,1H3;3H2,1-2H3. The van der Waals surface area contributed by atoms with Crippen molar-refractivity contribution in [2.45, 2.75) is 52.9 Å². The number of ether oxygens (including phenoxy) is 1. The molecular weight excluding hydrogens is 198 g/mol. The number of hydrogen-bond acceptors (Lipinski definition) is 2. The van der Waals surface area contributed by atoms with Gasteiger partial charge in [-0.15, -0.1) is 0 Å². The molecule has 0 aromatic heterocycles. The molecule has 2 heterocycles. The van der Waals surface area contributed by atoms with Crippen molar-refractivity contribution in [3.05, 3.63) is 0 Å². The highest BCUT2D eigenvalue weighted by molar-refractivity contribution is 4.92. The van der Waals surface area contributed by atoms with Crippen LogP contribution in [0, 0.1) is 5.41 Å².